The predicted molar refractivity (Wildman–Crippen MR) is 74.5 cm³/mol. The van der Waals surface area contributed by atoms with Crippen molar-refractivity contribution in [3.05, 3.63) is 29.8 Å². The van der Waals surface area contributed by atoms with Crippen LogP contribution in [0.3, 0.4) is 0 Å². The van der Waals surface area contributed by atoms with E-state index < -0.39 is 8.32 Å². The molecule has 0 spiro atoms. The lowest BCUT2D eigenvalue weighted by Gasteiger charge is -2.26. The summed E-state index contributed by atoms with van der Waals surface area (Å²) in [5.74, 6) is 0.840. The van der Waals surface area contributed by atoms with Crippen molar-refractivity contribution >= 4 is 8.32 Å². The molecule has 18 heavy (non-hydrogen) atoms. The molecule has 2 rings (SSSR count). The SMILES string of the molecule is COc1ccc([C@H]2C[C@]2(OC)O[Si](C)(C)C)cc1. The molecule has 1 aromatic rings. The highest BCUT2D eigenvalue weighted by Gasteiger charge is 2.58. The van der Waals surface area contributed by atoms with Gasteiger partial charge in [-0.05, 0) is 37.3 Å². The van der Waals surface area contributed by atoms with Gasteiger partial charge in [-0.25, -0.2) is 0 Å². The standard InChI is InChI=1S/C14H22O3Si/c1-15-12-8-6-11(7-9-12)13-10-14(13,16-2)17-18(3,4)5/h6-9,13H,10H2,1-5H3/t13-,14+/m1/s1. The molecule has 0 radical (unpaired) electrons. The fourth-order valence-electron chi connectivity index (χ4n) is 2.33. The number of ether oxygens (including phenoxy) is 2. The van der Waals surface area contributed by atoms with E-state index in [0.29, 0.717) is 5.92 Å². The van der Waals surface area contributed by atoms with Crippen LogP contribution in [0, 0.1) is 0 Å². The van der Waals surface area contributed by atoms with Gasteiger partial charge in [-0.15, -0.1) is 0 Å². The average Bonchev–Trinajstić information content (AvgIpc) is 3.02. The number of hydrogen-bond acceptors (Lipinski definition) is 3. The summed E-state index contributed by atoms with van der Waals surface area (Å²) in [6, 6.07) is 8.17. The van der Waals surface area contributed by atoms with Crippen LogP contribution in [0.4, 0.5) is 0 Å². The monoisotopic (exact) mass is 266 g/mol. The number of methoxy groups -OCH3 is 2. The summed E-state index contributed by atoms with van der Waals surface area (Å²) in [6.07, 6.45) is 0.945. The highest BCUT2D eigenvalue weighted by atomic mass is 28.4. The van der Waals surface area contributed by atoms with E-state index in [1.165, 1.54) is 5.56 Å². The quantitative estimate of drug-likeness (QED) is 0.604. The molecule has 0 unspecified atom stereocenters. The molecule has 3 nitrogen and oxygen atoms in total. The van der Waals surface area contributed by atoms with Gasteiger partial charge < -0.3 is 13.9 Å². The largest absolute Gasteiger partial charge is 0.497 e. The van der Waals surface area contributed by atoms with Crippen molar-refractivity contribution in [1.29, 1.82) is 0 Å². The Bertz CT molecular complexity index is 410. The second-order valence-electron chi connectivity index (χ2n) is 5.76. The second kappa shape index (κ2) is 4.68. The van der Waals surface area contributed by atoms with Gasteiger partial charge in [0.2, 0.25) is 0 Å². The van der Waals surface area contributed by atoms with Crippen LogP contribution in [0.2, 0.25) is 19.6 Å². The molecule has 2 atom stereocenters. The zero-order valence-electron chi connectivity index (χ0n) is 11.8. The van der Waals surface area contributed by atoms with Crippen LogP contribution in [0.5, 0.6) is 5.75 Å². The first-order valence-corrected chi connectivity index (χ1v) is 9.70. The molecule has 0 aromatic heterocycles. The lowest BCUT2D eigenvalue weighted by Crippen LogP contribution is -2.35. The van der Waals surface area contributed by atoms with E-state index in [-0.39, 0.29) is 5.79 Å². The van der Waals surface area contributed by atoms with Crippen LogP contribution in [0.1, 0.15) is 17.9 Å². The van der Waals surface area contributed by atoms with Gasteiger partial charge in [0, 0.05) is 19.4 Å². The maximum Gasteiger partial charge on any atom is 0.187 e. The van der Waals surface area contributed by atoms with Crippen LogP contribution < -0.4 is 4.74 Å². The van der Waals surface area contributed by atoms with Crippen LogP contribution in [-0.4, -0.2) is 28.3 Å². The van der Waals surface area contributed by atoms with Gasteiger partial charge in [0.05, 0.1) is 7.11 Å². The van der Waals surface area contributed by atoms with Crippen molar-refractivity contribution in [2.75, 3.05) is 14.2 Å². The first-order chi connectivity index (χ1) is 8.40. The van der Waals surface area contributed by atoms with Crippen molar-refractivity contribution in [1.82, 2.24) is 0 Å². The maximum absolute atomic E-state index is 6.19. The number of benzene rings is 1. The molecule has 1 aromatic carbocycles. The lowest BCUT2D eigenvalue weighted by atomic mass is 10.1. The minimum absolute atomic E-state index is 0.347. The Kier molecular flexibility index (Phi) is 3.53. The fraction of sp³-hybridized carbons (Fsp3) is 0.571. The summed E-state index contributed by atoms with van der Waals surface area (Å²) in [6.45, 7) is 6.57. The van der Waals surface area contributed by atoms with Gasteiger partial charge in [-0.2, -0.15) is 0 Å². The molecule has 1 saturated carbocycles. The molecule has 4 heteroatoms. The van der Waals surface area contributed by atoms with E-state index in [4.69, 9.17) is 13.9 Å². The summed E-state index contributed by atoms with van der Waals surface area (Å²) in [4.78, 5) is 0. The van der Waals surface area contributed by atoms with E-state index in [9.17, 15) is 0 Å². The smallest absolute Gasteiger partial charge is 0.187 e. The highest BCUT2D eigenvalue weighted by molar-refractivity contribution is 6.69. The van der Waals surface area contributed by atoms with Crippen molar-refractivity contribution in [3.63, 3.8) is 0 Å². The summed E-state index contributed by atoms with van der Waals surface area (Å²) in [7, 11) is 1.83. The zero-order valence-corrected chi connectivity index (χ0v) is 12.8. The minimum atomic E-state index is -1.59. The Morgan fingerprint density at radius 1 is 1.11 bits per heavy atom. The average molecular weight is 266 g/mol. The van der Waals surface area contributed by atoms with Gasteiger partial charge in [-0.1, -0.05) is 12.1 Å². The van der Waals surface area contributed by atoms with E-state index in [0.717, 1.165) is 12.2 Å². The molecule has 0 saturated heterocycles. The van der Waals surface area contributed by atoms with Gasteiger partial charge in [0.15, 0.2) is 14.1 Å². The molecule has 1 aliphatic rings. The number of hydrogen-bond donors (Lipinski definition) is 0. The minimum Gasteiger partial charge on any atom is -0.497 e. The molecule has 0 N–H and O–H groups in total. The van der Waals surface area contributed by atoms with Gasteiger partial charge in [-0.3, -0.25) is 0 Å². The first kappa shape index (κ1) is 13.6. The highest BCUT2D eigenvalue weighted by Crippen LogP contribution is 2.55. The first-order valence-electron chi connectivity index (χ1n) is 6.29. The Balaban J connectivity index is 2.11. The molecule has 0 bridgehead atoms. The van der Waals surface area contributed by atoms with Gasteiger partial charge in [0.1, 0.15) is 5.75 Å². The Labute approximate surface area is 110 Å². The van der Waals surface area contributed by atoms with Crippen molar-refractivity contribution < 1.29 is 13.9 Å². The van der Waals surface area contributed by atoms with Crippen molar-refractivity contribution in [3.8, 4) is 5.75 Å². The topological polar surface area (TPSA) is 27.7 Å². The zero-order chi connectivity index (χ0) is 13.4. The molecule has 1 aliphatic carbocycles. The molecule has 100 valence electrons. The summed E-state index contributed by atoms with van der Waals surface area (Å²) in [5, 5.41) is 0. The van der Waals surface area contributed by atoms with Crippen LogP contribution in [0.25, 0.3) is 0 Å². The van der Waals surface area contributed by atoms with Crippen molar-refractivity contribution in [2.45, 2.75) is 37.8 Å². The van der Waals surface area contributed by atoms with Gasteiger partial charge >= 0.3 is 0 Å². The summed E-state index contributed by atoms with van der Waals surface area (Å²) in [5.41, 5.74) is 1.26. The van der Waals surface area contributed by atoms with Crippen LogP contribution >= 0.6 is 0 Å². The summed E-state index contributed by atoms with van der Waals surface area (Å²) >= 11 is 0. The molecule has 0 aliphatic heterocycles. The third-order valence-electron chi connectivity index (χ3n) is 3.20. The maximum atomic E-state index is 6.19. The molecular weight excluding hydrogens is 244 g/mol. The third-order valence-corrected chi connectivity index (χ3v) is 4.16. The Morgan fingerprint density at radius 2 is 1.72 bits per heavy atom. The molecular formula is C14H22O3Si. The predicted octanol–water partition coefficient (Wildman–Crippen LogP) is 3.38. The normalized spacial score (nSPS) is 27.1. The van der Waals surface area contributed by atoms with Crippen LogP contribution in [0.15, 0.2) is 24.3 Å². The third kappa shape index (κ3) is 2.76. The van der Waals surface area contributed by atoms with Crippen LogP contribution in [-0.2, 0) is 9.16 Å². The Morgan fingerprint density at radius 3 is 2.17 bits per heavy atom. The molecule has 0 amide bonds. The lowest BCUT2D eigenvalue weighted by molar-refractivity contribution is -0.0904. The van der Waals surface area contributed by atoms with E-state index in [1.54, 1.807) is 14.2 Å². The second-order valence-corrected chi connectivity index (χ2v) is 10.2. The van der Waals surface area contributed by atoms with E-state index >= 15 is 0 Å². The molecule has 0 heterocycles. The number of rotatable bonds is 5. The van der Waals surface area contributed by atoms with E-state index in [1.807, 2.05) is 12.1 Å². The fourth-order valence-corrected chi connectivity index (χ4v) is 3.68. The summed E-state index contributed by atoms with van der Waals surface area (Å²) < 4.78 is 17.0. The van der Waals surface area contributed by atoms with Crippen molar-refractivity contribution in [2.24, 2.45) is 0 Å². The Hall–Kier alpha value is -0.843. The van der Waals surface area contributed by atoms with Gasteiger partial charge in [0.25, 0.3) is 0 Å². The molecule has 1 fully saturated rings. The van der Waals surface area contributed by atoms with E-state index in [2.05, 4.69) is 31.8 Å².